The van der Waals surface area contributed by atoms with Crippen molar-refractivity contribution < 1.29 is 9.53 Å². The molecule has 0 fully saturated rings. The van der Waals surface area contributed by atoms with E-state index >= 15 is 0 Å². The van der Waals surface area contributed by atoms with Crippen molar-refractivity contribution >= 4 is 6.09 Å². The van der Waals surface area contributed by atoms with E-state index in [2.05, 4.69) is 12.2 Å². The summed E-state index contributed by atoms with van der Waals surface area (Å²) >= 11 is 0. The number of nitrogens with two attached hydrogens (primary N) is 1. The zero-order valence-corrected chi connectivity index (χ0v) is 11.2. The molecule has 0 aromatic rings. The molecule has 0 rings (SSSR count). The first kappa shape index (κ1) is 15.2. The number of nitrogens with one attached hydrogen (secondary N) is 1. The number of rotatable bonds is 5. The molecule has 0 radical (unpaired) electrons. The average molecular weight is 230 g/mol. The van der Waals surface area contributed by atoms with E-state index in [9.17, 15) is 4.79 Å². The number of hydrogen-bond donors (Lipinski definition) is 2. The van der Waals surface area contributed by atoms with Gasteiger partial charge >= 0.3 is 6.09 Å². The third-order valence-electron chi connectivity index (χ3n) is 2.28. The molecule has 0 bridgehead atoms. The van der Waals surface area contributed by atoms with E-state index in [1.165, 1.54) is 0 Å². The molecule has 0 aliphatic rings. The molecule has 0 aromatic carbocycles. The highest BCUT2D eigenvalue weighted by molar-refractivity contribution is 5.68. The monoisotopic (exact) mass is 230 g/mol. The lowest BCUT2D eigenvalue weighted by Crippen LogP contribution is -2.48. The Balaban J connectivity index is 4.16. The Labute approximate surface area is 98.9 Å². The third-order valence-corrected chi connectivity index (χ3v) is 2.28. The van der Waals surface area contributed by atoms with E-state index in [0.717, 1.165) is 19.3 Å². The highest BCUT2D eigenvalue weighted by Gasteiger charge is 2.21. The second kappa shape index (κ2) is 6.74. The summed E-state index contributed by atoms with van der Waals surface area (Å²) in [7, 11) is 0. The average Bonchev–Trinajstić information content (AvgIpc) is 2.11. The molecular formula is C12H26N2O2. The minimum absolute atomic E-state index is 0.00233. The van der Waals surface area contributed by atoms with E-state index in [-0.39, 0.29) is 18.2 Å². The molecule has 3 N–H and O–H groups in total. The SMILES string of the molecule is CCC[C@@H](N)[C@H](CC)NC(=O)OC(C)(C)C. The molecule has 96 valence electrons. The van der Waals surface area contributed by atoms with Gasteiger partial charge < -0.3 is 15.8 Å². The van der Waals surface area contributed by atoms with Gasteiger partial charge in [-0.1, -0.05) is 20.3 Å². The van der Waals surface area contributed by atoms with Crippen molar-refractivity contribution in [1.82, 2.24) is 5.32 Å². The quantitative estimate of drug-likeness (QED) is 0.762. The van der Waals surface area contributed by atoms with Crippen molar-refractivity contribution in [3.05, 3.63) is 0 Å². The number of ether oxygens (including phenoxy) is 1. The Morgan fingerprint density at radius 2 is 1.94 bits per heavy atom. The van der Waals surface area contributed by atoms with Crippen LogP contribution in [-0.4, -0.2) is 23.8 Å². The maximum absolute atomic E-state index is 11.5. The maximum atomic E-state index is 11.5. The Morgan fingerprint density at radius 3 is 2.31 bits per heavy atom. The number of alkyl carbamates (subject to hydrolysis) is 1. The third kappa shape index (κ3) is 6.67. The van der Waals surface area contributed by atoms with Crippen molar-refractivity contribution in [2.24, 2.45) is 5.73 Å². The van der Waals surface area contributed by atoms with Crippen LogP contribution in [0.2, 0.25) is 0 Å². The molecule has 0 spiro atoms. The first-order valence-corrected chi connectivity index (χ1v) is 6.05. The summed E-state index contributed by atoms with van der Waals surface area (Å²) in [5.41, 5.74) is 5.52. The van der Waals surface area contributed by atoms with Crippen molar-refractivity contribution in [3.63, 3.8) is 0 Å². The van der Waals surface area contributed by atoms with Crippen LogP contribution in [0.4, 0.5) is 4.79 Å². The predicted octanol–water partition coefficient (Wildman–Crippen LogP) is 2.42. The molecule has 2 atom stereocenters. The van der Waals surface area contributed by atoms with Crippen LogP contribution in [0, 0.1) is 0 Å². The van der Waals surface area contributed by atoms with Crippen molar-refractivity contribution in [2.75, 3.05) is 0 Å². The van der Waals surface area contributed by atoms with Crippen LogP contribution in [0.3, 0.4) is 0 Å². The van der Waals surface area contributed by atoms with Crippen molar-refractivity contribution in [2.45, 2.75) is 71.6 Å². The summed E-state index contributed by atoms with van der Waals surface area (Å²) in [6.07, 6.45) is 2.37. The van der Waals surface area contributed by atoms with E-state index in [1.54, 1.807) is 0 Å². The van der Waals surface area contributed by atoms with Gasteiger partial charge in [0.25, 0.3) is 0 Å². The van der Waals surface area contributed by atoms with Crippen LogP contribution in [0.15, 0.2) is 0 Å². The zero-order valence-electron chi connectivity index (χ0n) is 11.2. The van der Waals surface area contributed by atoms with Gasteiger partial charge in [0.15, 0.2) is 0 Å². The van der Waals surface area contributed by atoms with Gasteiger partial charge in [0.1, 0.15) is 5.60 Å². The summed E-state index contributed by atoms with van der Waals surface area (Å²) in [5, 5.41) is 2.82. The molecule has 0 heterocycles. The summed E-state index contributed by atoms with van der Waals surface area (Å²) in [6, 6.07) is -0.00248. The highest BCUT2D eigenvalue weighted by Crippen LogP contribution is 2.09. The van der Waals surface area contributed by atoms with Crippen LogP contribution in [0.5, 0.6) is 0 Å². The van der Waals surface area contributed by atoms with Crippen LogP contribution in [0.1, 0.15) is 53.9 Å². The van der Waals surface area contributed by atoms with Crippen molar-refractivity contribution in [3.8, 4) is 0 Å². The van der Waals surface area contributed by atoms with Crippen molar-refractivity contribution in [1.29, 1.82) is 0 Å². The second-order valence-corrected chi connectivity index (χ2v) is 5.11. The summed E-state index contributed by atoms with van der Waals surface area (Å²) in [6.45, 7) is 9.64. The van der Waals surface area contributed by atoms with Crippen LogP contribution in [-0.2, 0) is 4.74 Å². The number of amides is 1. The van der Waals surface area contributed by atoms with Crippen LogP contribution >= 0.6 is 0 Å². The molecule has 4 nitrogen and oxygen atoms in total. The molecule has 0 unspecified atom stereocenters. The predicted molar refractivity (Wildman–Crippen MR) is 66.3 cm³/mol. The van der Waals surface area contributed by atoms with Gasteiger partial charge in [-0.2, -0.15) is 0 Å². The highest BCUT2D eigenvalue weighted by atomic mass is 16.6. The number of carbonyl (C=O) groups excluding carboxylic acids is 1. The van der Waals surface area contributed by atoms with Gasteiger partial charge in [-0.05, 0) is 33.6 Å². The molecule has 0 aromatic heterocycles. The molecule has 16 heavy (non-hydrogen) atoms. The lowest BCUT2D eigenvalue weighted by molar-refractivity contribution is 0.0494. The number of carbonyl (C=O) groups is 1. The van der Waals surface area contributed by atoms with E-state index in [4.69, 9.17) is 10.5 Å². The van der Waals surface area contributed by atoms with Gasteiger partial charge in [-0.25, -0.2) is 4.79 Å². The van der Waals surface area contributed by atoms with Gasteiger partial charge in [0, 0.05) is 12.1 Å². The fourth-order valence-electron chi connectivity index (χ4n) is 1.51. The minimum Gasteiger partial charge on any atom is -0.444 e. The molecule has 4 heteroatoms. The van der Waals surface area contributed by atoms with E-state index in [0.29, 0.717) is 0 Å². The fourth-order valence-corrected chi connectivity index (χ4v) is 1.51. The molecule has 0 aliphatic carbocycles. The Morgan fingerprint density at radius 1 is 1.38 bits per heavy atom. The standard InChI is InChI=1S/C12H26N2O2/c1-6-8-9(13)10(7-2)14-11(15)16-12(3,4)5/h9-10H,6-8,13H2,1-5H3,(H,14,15)/t9-,10+/m1/s1. The molecule has 0 saturated carbocycles. The van der Waals surface area contributed by atoms with Crippen LogP contribution < -0.4 is 11.1 Å². The lowest BCUT2D eigenvalue weighted by Gasteiger charge is -2.26. The minimum atomic E-state index is -0.461. The molecule has 1 amide bonds. The Bertz CT molecular complexity index is 212. The van der Waals surface area contributed by atoms with E-state index in [1.807, 2.05) is 27.7 Å². The molecule has 0 saturated heterocycles. The topological polar surface area (TPSA) is 64.3 Å². The smallest absolute Gasteiger partial charge is 0.407 e. The van der Waals surface area contributed by atoms with Gasteiger partial charge in [-0.3, -0.25) is 0 Å². The van der Waals surface area contributed by atoms with Gasteiger partial charge in [0.2, 0.25) is 0 Å². The number of hydrogen-bond acceptors (Lipinski definition) is 3. The summed E-state index contributed by atoms with van der Waals surface area (Å²) in [5.74, 6) is 0. The van der Waals surface area contributed by atoms with Gasteiger partial charge in [0.05, 0.1) is 0 Å². The fraction of sp³-hybridized carbons (Fsp3) is 0.917. The second-order valence-electron chi connectivity index (χ2n) is 5.11. The Hall–Kier alpha value is -0.770. The normalized spacial score (nSPS) is 15.4. The zero-order chi connectivity index (χ0) is 12.8. The summed E-state index contributed by atoms with van der Waals surface area (Å²) in [4.78, 5) is 11.5. The summed E-state index contributed by atoms with van der Waals surface area (Å²) < 4.78 is 5.19. The largest absolute Gasteiger partial charge is 0.444 e. The molecule has 0 aliphatic heterocycles. The maximum Gasteiger partial charge on any atom is 0.407 e. The van der Waals surface area contributed by atoms with Gasteiger partial charge in [-0.15, -0.1) is 0 Å². The first-order chi connectivity index (χ1) is 7.30. The van der Waals surface area contributed by atoms with E-state index < -0.39 is 5.60 Å². The lowest BCUT2D eigenvalue weighted by atomic mass is 10.0. The van der Waals surface area contributed by atoms with Crippen LogP contribution in [0.25, 0.3) is 0 Å². The molecular weight excluding hydrogens is 204 g/mol. The Kier molecular flexibility index (Phi) is 6.41. The first-order valence-electron chi connectivity index (χ1n) is 6.05.